The zero-order valence-electron chi connectivity index (χ0n) is 14.8. The molecule has 1 aromatic heterocycles. The first-order valence-electron chi connectivity index (χ1n) is 8.63. The van der Waals surface area contributed by atoms with Gasteiger partial charge >= 0.3 is 12.1 Å². The van der Waals surface area contributed by atoms with Gasteiger partial charge in [0.25, 0.3) is 5.91 Å². The zero-order valence-corrected chi connectivity index (χ0v) is 14.8. The number of alkyl halides is 5. The molecular formula is C19H16F6N2O2. The number of amides is 1. The lowest BCUT2D eigenvalue weighted by atomic mass is 9.85. The van der Waals surface area contributed by atoms with Gasteiger partial charge in [0, 0.05) is 23.7 Å². The molecule has 29 heavy (non-hydrogen) atoms. The van der Waals surface area contributed by atoms with Gasteiger partial charge in [0.2, 0.25) is 5.60 Å². The van der Waals surface area contributed by atoms with E-state index < -0.39 is 41.5 Å². The van der Waals surface area contributed by atoms with Crippen molar-refractivity contribution in [3.63, 3.8) is 0 Å². The van der Waals surface area contributed by atoms with Crippen molar-refractivity contribution in [3.8, 4) is 0 Å². The molecule has 1 aliphatic rings. The Morgan fingerprint density at radius 1 is 1.14 bits per heavy atom. The summed E-state index contributed by atoms with van der Waals surface area (Å²) in [6, 6.07) is 6.39. The van der Waals surface area contributed by atoms with Crippen molar-refractivity contribution in [1.82, 2.24) is 10.3 Å². The Hall–Kier alpha value is -2.62. The molecule has 1 heterocycles. The SMILES string of the molecule is O=C(NCc1cc(C2CC2)ncc1F)[C@](O)(c1ccccc1)C(F)(F)C(F)(F)F. The minimum Gasteiger partial charge on any atom is -0.370 e. The highest BCUT2D eigenvalue weighted by atomic mass is 19.4. The first-order valence-corrected chi connectivity index (χ1v) is 8.63. The van der Waals surface area contributed by atoms with Gasteiger partial charge in [0.05, 0.1) is 6.20 Å². The van der Waals surface area contributed by atoms with Crippen molar-refractivity contribution in [3.05, 3.63) is 65.2 Å². The van der Waals surface area contributed by atoms with Crippen LogP contribution in [0.5, 0.6) is 0 Å². The standard InChI is InChI=1S/C19H16F6N2O2/c20-14-10-26-15(11-6-7-11)8-12(14)9-27-16(28)17(29,13-4-2-1-3-5-13)18(21,22)19(23,24)25/h1-5,8,10-11,29H,6-7,9H2,(H,27,28)/t17-/m1/s1. The number of halogens is 6. The maximum atomic E-state index is 14.2. The first-order chi connectivity index (χ1) is 13.5. The predicted octanol–water partition coefficient (Wildman–Crippen LogP) is 3.80. The van der Waals surface area contributed by atoms with Crippen LogP contribution < -0.4 is 5.32 Å². The van der Waals surface area contributed by atoms with Crippen molar-refractivity contribution in [2.45, 2.75) is 43.0 Å². The van der Waals surface area contributed by atoms with Gasteiger partial charge in [0.1, 0.15) is 5.82 Å². The molecule has 156 valence electrons. The Bertz CT molecular complexity index is 899. The summed E-state index contributed by atoms with van der Waals surface area (Å²) in [4.78, 5) is 16.3. The monoisotopic (exact) mass is 418 g/mol. The molecule has 2 aromatic rings. The summed E-state index contributed by atoms with van der Waals surface area (Å²) >= 11 is 0. The van der Waals surface area contributed by atoms with Crippen LogP contribution in [0.3, 0.4) is 0 Å². The number of benzene rings is 1. The minimum atomic E-state index is -6.21. The summed E-state index contributed by atoms with van der Waals surface area (Å²) in [5.41, 5.74) is -4.79. The lowest BCUT2D eigenvalue weighted by molar-refractivity contribution is -0.337. The van der Waals surface area contributed by atoms with Gasteiger partial charge in [0.15, 0.2) is 0 Å². The molecule has 1 saturated carbocycles. The summed E-state index contributed by atoms with van der Waals surface area (Å²) in [5.74, 6) is -8.54. The van der Waals surface area contributed by atoms with Gasteiger partial charge in [-0.05, 0) is 24.5 Å². The summed E-state index contributed by atoms with van der Waals surface area (Å²) in [6.45, 7) is -0.698. The Labute approximate surface area is 161 Å². The van der Waals surface area contributed by atoms with Crippen molar-refractivity contribution in [2.24, 2.45) is 0 Å². The van der Waals surface area contributed by atoms with Crippen molar-refractivity contribution in [1.29, 1.82) is 0 Å². The highest BCUT2D eigenvalue weighted by Crippen LogP contribution is 2.48. The number of rotatable bonds is 6. The molecule has 3 rings (SSSR count). The normalized spacial score (nSPS) is 16.9. The number of aliphatic hydroxyl groups is 1. The topological polar surface area (TPSA) is 62.2 Å². The van der Waals surface area contributed by atoms with Crippen LogP contribution in [0.4, 0.5) is 26.3 Å². The summed E-state index contributed by atoms with van der Waals surface area (Å²) < 4.78 is 81.3. The molecule has 10 heteroatoms. The Balaban J connectivity index is 1.91. The minimum absolute atomic E-state index is 0.126. The van der Waals surface area contributed by atoms with Crippen LogP contribution in [0.25, 0.3) is 0 Å². The van der Waals surface area contributed by atoms with E-state index in [9.17, 15) is 36.2 Å². The average Bonchev–Trinajstić information content (AvgIpc) is 3.51. The third kappa shape index (κ3) is 3.81. The second-order valence-electron chi connectivity index (χ2n) is 6.81. The van der Waals surface area contributed by atoms with E-state index in [1.54, 1.807) is 5.32 Å². The van der Waals surface area contributed by atoms with Crippen LogP contribution in [0.2, 0.25) is 0 Å². The van der Waals surface area contributed by atoms with Crippen LogP contribution in [0.15, 0.2) is 42.6 Å². The van der Waals surface area contributed by atoms with Crippen LogP contribution in [-0.4, -0.2) is 28.1 Å². The highest BCUT2D eigenvalue weighted by Gasteiger charge is 2.73. The number of nitrogens with one attached hydrogen (secondary N) is 1. The Morgan fingerprint density at radius 3 is 2.31 bits per heavy atom. The lowest BCUT2D eigenvalue weighted by Crippen LogP contribution is -2.62. The number of hydrogen-bond acceptors (Lipinski definition) is 3. The third-order valence-electron chi connectivity index (χ3n) is 4.72. The van der Waals surface area contributed by atoms with Gasteiger partial charge < -0.3 is 10.4 Å². The molecule has 1 fully saturated rings. The van der Waals surface area contributed by atoms with Crippen molar-refractivity contribution >= 4 is 5.91 Å². The molecule has 0 saturated heterocycles. The zero-order chi connectivity index (χ0) is 21.4. The van der Waals surface area contributed by atoms with Gasteiger partial charge in [-0.3, -0.25) is 9.78 Å². The van der Waals surface area contributed by atoms with Crippen LogP contribution >= 0.6 is 0 Å². The van der Waals surface area contributed by atoms with E-state index in [2.05, 4.69) is 4.98 Å². The first kappa shape index (κ1) is 21.1. The number of aromatic nitrogens is 1. The number of nitrogens with zero attached hydrogens (tertiary/aromatic N) is 1. The molecule has 0 unspecified atom stereocenters. The molecule has 1 amide bonds. The predicted molar refractivity (Wildman–Crippen MR) is 89.4 cm³/mol. The largest absolute Gasteiger partial charge is 0.457 e. The van der Waals surface area contributed by atoms with Crippen LogP contribution in [-0.2, 0) is 16.9 Å². The molecule has 0 radical (unpaired) electrons. The molecule has 0 aliphatic heterocycles. The van der Waals surface area contributed by atoms with Crippen molar-refractivity contribution in [2.75, 3.05) is 0 Å². The van der Waals surface area contributed by atoms with Gasteiger partial charge in [-0.25, -0.2) is 4.39 Å². The summed E-state index contributed by atoms with van der Waals surface area (Å²) in [6.07, 6.45) is -3.63. The quantitative estimate of drug-likeness (QED) is 0.702. The Kier molecular flexibility index (Phi) is 5.33. The molecule has 0 bridgehead atoms. The number of hydrogen-bond donors (Lipinski definition) is 2. The fourth-order valence-electron chi connectivity index (χ4n) is 2.88. The second-order valence-corrected chi connectivity index (χ2v) is 6.81. The van der Waals surface area contributed by atoms with E-state index in [1.807, 2.05) is 0 Å². The molecule has 0 spiro atoms. The Morgan fingerprint density at radius 2 is 1.76 bits per heavy atom. The van der Waals surface area contributed by atoms with Gasteiger partial charge in [-0.1, -0.05) is 30.3 Å². The van der Waals surface area contributed by atoms with Crippen LogP contribution in [0, 0.1) is 5.82 Å². The van der Waals surface area contributed by atoms with E-state index in [0.717, 1.165) is 43.3 Å². The van der Waals surface area contributed by atoms with Crippen molar-refractivity contribution < 1.29 is 36.2 Å². The fraction of sp³-hybridized carbons (Fsp3) is 0.368. The number of pyridine rings is 1. The molecular weight excluding hydrogens is 402 g/mol. The fourth-order valence-corrected chi connectivity index (χ4v) is 2.88. The molecule has 1 aromatic carbocycles. The van der Waals surface area contributed by atoms with E-state index in [-0.39, 0.29) is 11.5 Å². The maximum absolute atomic E-state index is 14.2. The maximum Gasteiger partial charge on any atom is 0.457 e. The molecule has 2 N–H and O–H groups in total. The van der Waals surface area contributed by atoms with E-state index in [1.165, 1.54) is 12.1 Å². The van der Waals surface area contributed by atoms with E-state index in [0.29, 0.717) is 5.69 Å². The van der Waals surface area contributed by atoms with E-state index >= 15 is 0 Å². The van der Waals surface area contributed by atoms with Crippen LogP contribution in [0.1, 0.15) is 35.6 Å². The van der Waals surface area contributed by atoms with Gasteiger partial charge in [-0.15, -0.1) is 0 Å². The second kappa shape index (κ2) is 7.33. The highest BCUT2D eigenvalue weighted by molar-refractivity contribution is 5.87. The average molecular weight is 418 g/mol. The molecule has 1 atom stereocenters. The number of carbonyl (C=O) groups is 1. The van der Waals surface area contributed by atoms with Gasteiger partial charge in [-0.2, -0.15) is 22.0 Å². The molecule has 4 nitrogen and oxygen atoms in total. The number of carbonyl (C=O) groups excluding carboxylic acids is 1. The summed E-state index contributed by atoms with van der Waals surface area (Å²) in [5, 5.41) is 12.1. The molecule has 1 aliphatic carbocycles. The third-order valence-corrected chi connectivity index (χ3v) is 4.72. The van der Waals surface area contributed by atoms with E-state index in [4.69, 9.17) is 0 Å². The smallest absolute Gasteiger partial charge is 0.370 e. The lowest BCUT2D eigenvalue weighted by Gasteiger charge is -2.35. The summed E-state index contributed by atoms with van der Waals surface area (Å²) in [7, 11) is 0.